The van der Waals surface area contributed by atoms with Gasteiger partial charge in [-0.2, -0.15) is 0 Å². The highest BCUT2D eigenvalue weighted by Gasteiger charge is 2.12. The van der Waals surface area contributed by atoms with Crippen LogP contribution in [0.25, 0.3) is 0 Å². The molecule has 0 aliphatic carbocycles. The number of halogens is 2. The molecule has 0 unspecified atom stereocenters. The standard InChI is InChI=1S/C19H15F2NO3/c20-14-6-8-17(16(21)10-14)24-12-15-7-9-18(25-15)19(23)22-11-13-4-2-1-3-5-13/h1-10H,11-12H2,(H,22,23). The summed E-state index contributed by atoms with van der Waals surface area (Å²) in [6, 6.07) is 15.6. The van der Waals surface area contributed by atoms with Crippen LogP contribution in [0.5, 0.6) is 5.75 Å². The maximum Gasteiger partial charge on any atom is 0.287 e. The molecule has 0 fully saturated rings. The van der Waals surface area contributed by atoms with E-state index in [4.69, 9.17) is 9.15 Å². The van der Waals surface area contributed by atoms with Gasteiger partial charge in [0.1, 0.15) is 18.2 Å². The van der Waals surface area contributed by atoms with Gasteiger partial charge in [-0.3, -0.25) is 4.79 Å². The SMILES string of the molecule is O=C(NCc1ccccc1)c1ccc(COc2ccc(F)cc2F)o1. The van der Waals surface area contributed by atoms with Gasteiger partial charge in [-0.05, 0) is 29.8 Å². The first-order valence-electron chi connectivity index (χ1n) is 7.60. The maximum absolute atomic E-state index is 13.5. The Morgan fingerprint density at radius 3 is 2.60 bits per heavy atom. The highest BCUT2D eigenvalue weighted by molar-refractivity contribution is 5.91. The van der Waals surface area contributed by atoms with Crippen molar-refractivity contribution in [2.24, 2.45) is 0 Å². The summed E-state index contributed by atoms with van der Waals surface area (Å²) in [4.78, 5) is 12.0. The number of hydrogen-bond donors (Lipinski definition) is 1. The number of hydrogen-bond acceptors (Lipinski definition) is 3. The van der Waals surface area contributed by atoms with Gasteiger partial charge in [-0.15, -0.1) is 0 Å². The van der Waals surface area contributed by atoms with Gasteiger partial charge < -0.3 is 14.5 Å². The van der Waals surface area contributed by atoms with Crippen LogP contribution < -0.4 is 10.1 Å². The van der Waals surface area contributed by atoms with Crippen LogP contribution in [0.2, 0.25) is 0 Å². The van der Waals surface area contributed by atoms with Gasteiger partial charge in [0.25, 0.3) is 5.91 Å². The Labute approximate surface area is 143 Å². The Balaban J connectivity index is 1.55. The van der Waals surface area contributed by atoms with Crippen LogP contribution in [0.1, 0.15) is 21.9 Å². The van der Waals surface area contributed by atoms with Gasteiger partial charge in [-0.25, -0.2) is 8.78 Å². The first-order chi connectivity index (χ1) is 12.1. The molecule has 6 heteroatoms. The molecular weight excluding hydrogens is 328 g/mol. The second kappa shape index (κ2) is 7.61. The zero-order chi connectivity index (χ0) is 17.6. The molecule has 1 amide bonds. The molecule has 0 aliphatic heterocycles. The first kappa shape index (κ1) is 16.7. The average Bonchev–Trinajstić information content (AvgIpc) is 3.09. The summed E-state index contributed by atoms with van der Waals surface area (Å²) >= 11 is 0. The molecule has 3 aromatic rings. The fraction of sp³-hybridized carbons (Fsp3) is 0.105. The number of amides is 1. The zero-order valence-electron chi connectivity index (χ0n) is 13.2. The van der Waals surface area contributed by atoms with E-state index in [0.717, 1.165) is 17.7 Å². The van der Waals surface area contributed by atoms with E-state index in [1.165, 1.54) is 12.1 Å². The van der Waals surface area contributed by atoms with Crippen molar-refractivity contribution in [3.8, 4) is 5.75 Å². The van der Waals surface area contributed by atoms with Crippen molar-refractivity contribution in [3.05, 3.63) is 89.4 Å². The van der Waals surface area contributed by atoms with Crippen molar-refractivity contribution in [3.63, 3.8) is 0 Å². The van der Waals surface area contributed by atoms with Crippen molar-refractivity contribution >= 4 is 5.91 Å². The molecule has 25 heavy (non-hydrogen) atoms. The lowest BCUT2D eigenvalue weighted by Gasteiger charge is -2.05. The summed E-state index contributed by atoms with van der Waals surface area (Å²) in [7, 11) is 0. The molecular formula is C19H15F2NO3. The number of ether oxygens (including phenoxy) is 1. The van der Waals surface area contributed by atoms with Crippen LogP contribution in [-0.4, -0.2) is 5.91 Å². The number of rotatable bonds is 6. The summed E-state index contributed by atoms with van der Waals surface area (Å²) in [6.07, 6.45) is 0. The fourth-order valence-corrected chi connectivity index (χ4v) is 2.18. The smallest absolute Gasteiger partial charge is 0.287 e. The van der Waals surface area contributed by atoms with Crippen LogP contribution >= 0.6 is 0 Å². The molecule has 0 aliphatic rings. The van der Waals surface area contributed by atoms with Crippen LogP contribution in [0, 0.1) is 11.6 Å². The lowest BCUT2D eigenvalue weighted by atomic mass is 10.2. The highest BCUT2D eigenvalue weighted by Crippen LogP contribution is 2.19. The van der Waals surface area contributed by atoms with E-state index in [2.05, 4.69) is 5.32 Å². The largest absolute Gasteiger partial charge is 0.483 e. The Morgan fingerprint density at radius 2 is 1.84 bits per heavy atom. The summed E-state index contributed by atoms with van der Waals surface area (Å²) < 4.78 is 36.9. The van der Waals surface area contributed by atoms with E-state index < -0.39 is 11.6 Å². The van der Waals surface area contributed by atoms with E-state index in [0.29, 0.717) is 12.3 Å². The maximum atomic E-state index is 13.5. The number of benzene rings is 2. The number of furan rings is 1. The molecule has 1 aromatic heterocycles. The topological polar surface area (TPSA) is 51.5 Å². The Bertz CT molecular complexity index is 862. The van der Waals surface area contributed by atoms with Gasteiger partial charge in [0.15, 0.2) is 17.3 Å². The van der Waals surface area contributed by atoms with E-state index in [1.807, 2.05) is 30.3 Å². The van der Waals surface area contributed by atoms with Gasteiger partial charge in [-0.1, -0.05) is 30.3 Å². The molecule has 0 bridgehead atoms. The molecule has 128 valence electrons. The average molecular weight is 343 g/mol. The van der Waals surface area contributed by atoms with E-state index in [-0.39, 0.29) is 24.0 Å². The molecule has 0 radical (unpaired) electrons. The number of carbonyl (C=O) groups is 1. The summed E-state index contributed by atoms with van der Waals surface area (Å²) in [5.41, 5.74) is 0.970. The first-order valence-corrected chi connectivity index (χ1v) is 7.60. The lowest BCUT2D eigenvalue weighted by molar-refractivity contribution is 0.0919. The third kappa shape index (κ3) is 4.44. The zero-order valence-corrected chi connectivity index (χ0v) is 13.2. The van der Waals surface area contributed by atoms with Gasteiger partial charge in [0.05, 0.1) is 0 Å². The van der Waals surface area contributed by atoms with Crippen molar-refractivity contribution < 1.29 is 22.7 Å². The van der Waals surface area contributed by atoms with Crippen molar-refractivity contribution in [1.29, 1.82) is 0 Å². The number of nitrogens with one attached hydrogen (secondary N) is 1. The van der Waals surface area contributed by atoms with Crippen molar-refractivity contribution in [2.75, 3.05) is 0 Å². The van der Waals surface area contributed by atoms with Gasteiger partial charge >= 0.3 is 0 Å². The quantitative estimate of drug-likeness (QED) is 0.734. The van der Waals surface area contributed by atoms with Crippen LogP contribution in [0.3, 0.4) is 0 Å². The summed E-state index contributed by atoms with van der Waals surface area (Å²) in [6.45, 7) is 0.307. The number of carbonyl (C=O) groups excluding carboxylic acids is 1. The Kier molecular flexibility index (Phi) is 5.09. The fourth-order valence-electron chi connectivity index (χ4n) is 2.18. The summed E-state index contributed by atoms with van der Waals surface area (Å²) in [5.74, 6) is -1.44. The third-order valence-electron chi connectivity index (χ3n) is 3.45. The van der Waals surface area contributed by atoms with Gasteiger partial charge in [0.2, 0.25) is 0 Å². The predicted molar refractivity (Wildman–Crippen MR) is 87.0 cm³/mol. The highest BCUT2D eigenvalue weighted by atomic mass is 19.1. The molecule has 0 saturated carbocycles. The predicted octanol–water partition coefficient (Wildman–Crippen LogP) is 4.07. The molecule has 1 heterocycles. The van der Waals surface area contributed by atoms with Crippen molar-refractivity contribution in [1.82, 2.24) is 5.32 Å². The summed E-state index contributed by atoms with van der Waals surface area (Å²) in [5, 5.41) is 2.74. The molecule has 0 atom stereocenters. The van der Waals surface area contributed by atoms with Crippen LogP contribution in [0.4, 0.5) is 8.78 Å². The molecule has 3 rings (SSSR count). The Morgan fingerprint density at radius 1 is 1.04 bits per heavy atom. The van der Waals surface area contributed by atoms with Crippen molar-refractivity contribution in [2.45, 2.75) is 13.2 Å². The van der Waals surface area contributed by atoms with Gasteiger partial charge in [0, 0.05) is 12.6 Å². The minimum Gasteiger partial charge on any atom is -0.483 e. The lowest BCUT2D eigenvalue weighted by Crippen LogP contribution is -2.22. The van der Waals surface area contributed by atoms with E-state index >= 15 is 0 Å². The minimum absolute atomic E-state index is 0.0749. The third-order valence-corrected chi connectivity index (χ3v) is 3.45. The second-order valence-corrected chi connectivity index (χ2v) is 5.30. The van der Waals surface area contributed by atoms with E-state index in [1.54, 1.807) is 6.07 Å². The molecule has 2 aromatic carbocycles. The molecule has 4 nitrogen and oxygen atoms in total. The normalized spacial score (nSPS) is 10.5. The van der Waals surface area contributed by atoms with E-state index in [9.17, 15) is 13.6 Å². The molecule has 1 N–H and O–H groups in total. The second-order valence-electron chi connectivity index (χ2n) is 5.30. The molecule has 0 saturated heterocycles. The molecule has 0 spiro atoms. The van der Waals surface area contributed by atoms with Crippen LogP contribution in [0.15, 0.2) is 65.1 Å². The van der Waals surface area contributed by atoms with Crippen LogP contribution in [-0.2, 0) is 13.2 Å². The minimum atomic E-state index is -0.799. The monoisotopic (exact) mass is 343 g/mol. The Hall–Kier alpha value is -3.15.